The van der Waals surface area contributed by atoms with Crippen LogP contribution in [0.25, 0.3) is 0 Å². The zero-order chi connectivity index (χ0) is 49.7. The molecule has 0 radical (unpaired) electrons. The van der Waals surface area contributed by atoms with Gasteiger partial charge in [-0.2, -0.15) is 0 Å². The summed E-state index contributed by atoms with van der Waals surface area (Å²) in [5.74, 6) is -16.8. The van der Waals surface area contributed by atoms with Gasteiger partial charge in [0.25, 0.3) is 0 Å². The molecule has 0 amide bonds. The molecule has 67 heavy (non-hydrogen) atoms. The Morgan fingerprint density at radius 1 is 0.388 bits per heavy atom. The normalized spacial score (nSPS) is 10.2. The average molecular weight is 949 g/mol. The van der Waals surface area contributed by atoms with E-state index >= 15 is 0 Å². The molecule has 16 N–H and O–H groups in total. The maximum atomic E-state index is 12.4. The number of benzene rings is 5. The lowest BCUT2D eigenvalue weighted by molar-refractivity contribution is -0.0995. The first-order valence-corrected chi connectivity index (χ1v) is 17.6. The number of carbonyl (C=O) groups is 5. The molecule has 0 aliphatic heterocycles. The lowest BCUT2D eigenvalue weighted by Crippen LogP contribution is -2.30. The average Bonchev–Trinajstić information content (AvgIpc) is 3.27. The first-order valence-electron chi connectivity index (χ1n) is 17.6. The number of aromatic carboxylic acids is 1. The zero-order valence-corrected chi connectivity index (χ0v) is 33.2. The number of carboxylic acid groups (broad SMARTS) is 1. The van der Waals surface area contributed by atoms with Crippen molar-refractivity contribution in [2.24, 2.45) is 0 Å². The highest BCUT2D eigenvalue weighted by atomic mass is 16.7. The Bertz CT molecular complexity index is 2450. The lowest BCUT2D eigenvalue weighted by atomic mass is 10.2. The van der Waals surface area contributed by atoms with Crippen molar-refractivity contribution < 1.29 is 129 Å². The minimum absolute atomic E-state index is 0. The Balaban J connectivity index is 0.000000479. The number of phenols is 15. The van der Waals surface area contributed by atoms with Crippen molar-refractivity contribution in [3.63, 3.8) is 0 Å². The summed E-state index contributed by atoms with van der Waals surface area (Å²) in [7, 11) is 1.17. The summed E-state index contributed by atoms with van der Waals surface area (Å²) in [5, 5.41) is 148. The van der Waals surface area contributed by atoms with Gasteiger partial charge in [0.2, 0.25) is 0 Å². The number of hydrogen-bond donors (Lipinski definition) is 16. The van der Waals surface area contributed by atoms with Crippen molar-refractivity contribution in [2.75, 3.05) is 27.1 Å². The molecule has 0 saturated carbocycles. The molecule has 0 fully saturated rings. The Morgan fingerprint density at radius 3 is 0.851 bits per heavy atom. The van der Waals surface area contributed by atoms with E-state index < -0.39 is 142 Å². The van der Waals surface area contributed by atoms with E-state index in [4.69, 9.17) is 54.7 Å². The molecule has 0 bridgehead atoms. The molecular weight excluding hydrogens is 908 g/mol. The fourth-order valence-corrected chi connectivity index (χ4v) is 4.65. The minimum atomic E-state index is -1.35. The Morgan fingerprint density at radius 2 is 0.612 bits per heavy atom. The number of esters is 4. The number of rotatable bonds is 12. The molecular formula is C41H40O26. The van der Waals surface area contributed by atoms with Crippen LogP contribution in [0.15, 0.2) is 60.7 Å². The van der Waals surface area contributed by atoms with Crippen LogP contribution in [0.3, 0.4) is 0 Å². The third-order valence-corrected chi connectivity index (χ3v) is 8.02. The van der Waals surface area contributed by atoms with E-state index in [0.29, 0.717) is 0 Å². The number of ether oxygens (including phenoxy) is 5. The number of aromatic hydroxyl groups is 15. The van der Waals surface area contributed by atoms with Crippen LogP contribution in [0.5, 0.6) is 86.2 Å². The van der Waals surface area contributed by atoms with E-state index in [1.54, 1.807) is 0 Å². The summed E-state index contributed by atoms with van der Waals surface area (Å²) < 4.78 is 24.5. The molecule has 0 aliphatic carbocycles. The van der Waals surface area contributed by atoms with Crippen LogP contribution >= 0.6 is 0 Å². The van der Waals surface area contributed by atoms with E-state index in [-0.39, 0.29) is 35.2 Å². The number of carboxylic acids is 1. The second-order valence-corrected chi connectivity index (χ2v) is 12.6. The molecule has 5 rings (SSSR count). The summed E-state index contributed by atoms with van der Waals surface area (Å²) in [6.45, 7) is -2.22. The van der Waals surface area contributed by atoms with Crippen molar-refractivity contribution in [1.29, 1.82) is 0 Å². The molecule has 5 aromatic rings. The molecule has 0 saturated heterocycles. The summed E-state index contributed by atoms with van der Waals surface area (Å²) in [6, 6.07) is 8.45. The third kappa shape index (κ3) is 14.2. The van der Waals surface area contributed by atoms with Crippen LogP contribution < -0.4 is 0 Å². The van der Waals surface area contributed by atoms with E-state index in [2.05, 4.69) is 4.74 Å². The van der Waals surface area contributed by atoms with Crippen LogP contribution in [-0.2, 0) is 23.7 Å². The molecule has 5 aromatic carbocycles. The van der Waals surface area contributed by atoms with Crippen molar-refractivity contribution in [1.82, 2.24) is 0 Å². The monoisotopic (exact) mass is 948 g/mol. The number of phenolic OH excluding ortho intramolecular Hbond substituents is 15. The Hall–Kier alpha value is -9.59. The maximum absolute atomic E-state index is 12.4. The molecule has 0 spiro atoms. The fourth-order valence-electron chi connectivity index (χ4n) is 4.65. The smallest absolute Gasteiger partial charge is 0.340 e. The molecule has 26 nitrogen and oxygen atoms in total. The number of carbonyl (C=O) groups excluding carboxylic acids is 4. The van der Waals surface area contributed by atoms with Crippen LogP contribution in [0.1, 0.15) is 59.2 Å². The number of methoxy groups -OCH3 is 1. The van der Waals surface area contributed by atoms with Gasteiger partial charge < -0.3 is 105 Å². The van der Waals surface area contributed by atoms with Gasteiger partial charge >= 0.3 is 29.8 Å². The van der Waals surface area contributed by atoms with Gasteiger partial charge in [0.05, 0.1) is 34.9 Å². The van der Waals surface area contributed by atoms with Gasteiger partial charge in [0.1, 0.15) is 19.3 Å². The standard InChI is InChI=1S/C25H22O16.C8H8O5.C7H6O5.CH4/c26-14-1-10(2-15(27)20(14)32)23(35)38-7-13(8-39-24(36)11-3-16(28)21(33)17(29)4-11)40-9-41-25(37)12-5-18(30)22(34)19(31)6-12;1-13-8(12)4-2-5(9)7(11)6(10)3-4;8-4-1-3(7(11)12)2-5(9)6(4)10;/h1-6,13,26-34H,7-9H2;2-3,9-11H,1H3;1-2,8-10H,(H,11,12);1H4. The Kier molecular flexibility index (Phi) is 18.5. The van der Waals surface area contributed by atoms with E-state index in [1.807, 2.05) is 0 Å². The molecule has 0 unspecified atom stereocenters. The predicted molar refractivity (Wildman–Crippen MR) is 218 cm³/mol. The summed E-state index contributed by atoms with van der Waals surface area (Å²) >= 11 is 0. The molecule has 360 valence electrons. The maximum Gasteiger partial charge on any atom is 0.340 e. The Labute approximate surface area is 374 Å². The van der Waals surface area contributed by atoms with E-state index in [9.17, 15) is 69.9 Å². The highest BCUT2D eigenvalue weighted by Gasteiger charge is 2.23. The van der Waals surface area contributed by atoms with Gasteiger partial charge in [-0.25, -0.2) is 24.0 Å². The molecule has 0 aliphatic rings. The first-order chi connectivity index (χ1) is 30.9. The lowest BCUT2D eigenvalue weighted by Gasteiger charge is -2.18. The summed E-state index contributed by atoms with van der Waals surface area (Å²) in [5.41, 5.74) is -1.48. The van der Waals surface area contributed by atoms with Gasteiger partial charge in [-0.1, -0.05) is 7.43 Å². The SMILES string of the molecule is C.COC(=O)c1cc(O)c(O)c(O)c1.O=C(O)c1cc(O)c(O)c(O)c1.O=C(OCOC(COC(=O)c1cc(O)c(O)c(O)c1)COC(=O)c1cc(O)c(O)c(O)c1)c1cc(O)c(O)c(O)c1. The molecule has 26 heteroatoms. The summed E-state index contributed by atoms with van der Waals surface area (Å²) in [4.78, 5) is 58.2. The first kappa shape index (κ1) is 53.5. The van der Waals surface area contributed by atoms with Crippen LogP contribution in [0.2, 0.25) is 0 Å². The topological polar surface area (TPSA) is 455 Å². The van der Waals surface area contributed by atoms with Gasteiger partial charge in [-0.05, 0) is 60.7 Å². The minimum Gasteiger partial charge on any atom is -0.504 e. The second-order valence-electron chi connectivity index (χ2n) is 12.6. The third-order valence-electron chi connectivity index (χ3n) is 8.02. The molecule has 0 heterocycles. The zero-order valence-electron chi connectivity index (χ0n) is 33.2. The molecule has 0 aromatic heterocycles. The van der Waals surface area contributed by atoms with E-state index in [1.165, 1.54) is 7.11 Å². The quantitative estimate of drug-likeness (QED) is 0.0370. The second kappa shape index (κ2) is 23.2. The summed E-state index contributed by atoms with van der Waals surface area (Å²) in [6.07, 6.45) is -1.35. The van der Waals surface area contributed by atoms with Crippen molar-refractivity contribution >= 4 is 29.8 Å². The van der Waals surface area contributed by atoms with Crippen LogP contribution in [-0.4, -0.2) is 145 Å². The van der Waals surface area contributed by atoms with Gasteiger partial charge in [-0.3, -0.25) is 0 Å². The number of hydrogen-bond acceptors (Lipinski definition) is 25. The molecule has 0 atom stereocenters. The van der Waals surface area contributed by atoms with Gasteiger partial charge in [-0.15, -0.1) is 0 Å². The highest BCUT2D eigenvalue weighted by molar-refractivity contribution is 5.93. The van der Waals surface area contributed by atoms with Gasteiger partial charge in [0, 0.05) is 0 Å². The van der Waals surface area contributed by atoms with Crippen molar-refractivity contribution in [2.45, 2.75) is 13.5 Å². The van der Waals surface area contributed by atoms with Crippen molar-refractivity contribution in [3.8, 4) is 86.2 Å². The largest absolute Gasteiger partial charge is 0.504 e. The predicted octanol–water partition coefficient (Wildman–Crippen LogP) is 2.98. The van der Waals surface area contributed by atoms with Crippen molar-refractivity contribution in [3.05, 3.63) is 88.5 Å². The van der Waals surface area contributed by atoms with Crippen LogP contribution in [0, 0.1) is 0 Å². The van der Waals surface area contributed by atoms with Crippen LogP contribution in [0.4, 0.5) is 0 Å². The fraction of sp³-hybridized carbons (Fsp3) is 0.146. The van der Waals surface area contributed by atoms with E-state index in [0.717, 1.165) is 60.7 Å². The highest BCUT2D eigenvalue weighted by Crippen LogP contribution is 2.39. The van der Waals surface area contributed by atoms with Gasteiger partial charge in [0.15, 0.2) is 93.0 Å².